The monoisotopic (exact) mass is 706 g/mol. The topological polar surface area (TPSA) is 27.7 Å². The number of ether oxygens (including phenoxy) is 3. The zero-order valence-electron chi connectivity index (χ0n) is 28.3. The number of methoxy groups -OCH3 is 3. The van der Waals surface area contributed by atoms with E-state index >= 15 is 0 Å². The molecule has 0 saturated heterocycles. The molecule has 44 heavy (non-hydrogen) atoms. The number of rotatable bonds is 7. The van der Waals surface area contributed by atoms with Crippen LogP contribution in [-0.4, -0.2) is 29.4 Å². The van der Waals surface area contributed by atoms with E-state index in [1.54, 1.807) is 21.3 Å². The third-order valence-corrected chi connectivity index (χ3v) is 15.3. The van der Waals surface area contributed by atoms with Crippen molar-refractivity contribution in [2.24, 2.45) is 0 Å². The number of hydrogen-bond acceptors (Lipinski definition) is 3. The molecule has 0 heterocycles. The van der Waals surface area contributed by atoms with E-state index in [1.807, 2.05) is 0 Å². The van der Waals surface area contributed by atoms with Crippen LogP contribution in [0.25, 0.3) is 0 Å². The summed E-state index contributed by atoms with van der Waals surface area (Å²) >= 11 is 0. The van der Waals surface area contributed by atoms with Crippen molar-refractivity contribution in [3.05, 3.63) is 92.0 Å². The molecule has 4 aromatic rings. The average Bonchev–Trinajstić information content (AvgIpc) is 3.08. The van der Waals surface area contributed by atoms with Gasteiger partial charge in [0, 0.05) is 0 Å². The molecule has 0 bridgehead atoms. The standard InChI is InChI=1S/C36H45O3Si.3ClH.Ti/c1-20-14-30(37-11)15-21(2)33(20)40(36-28(9)26(7)27(8)29(36)10,34-22(3)16-31(38-12)17-23(34)4)35-24(5)18-32(39-13)19-25(35)6;;;;/h14-19H,1-13H3;3*1H;/q-1;;;;+4/p-3. The summed E-state index contributed by atoms with van der Waals surface area (Å²) in [5.41, 5.74) is 13.2. The predicted octanol–water partition coefficient (Wildman–Crippen LogP) is -3.10. The van der Waals surface area contributed by atoms with Crippen LogP contribution < -0.4 is 72.2 Å². The van der Waals surface area contributed by atoms with Gasteiger partial charge in [0.15, 0.2) is 0 Å². The van der Waals surface area contributed by atoms with Gasteiger partial charge in [-0.2, -0.15) is 22.3 Å². The molecule has 0 saturated carbocycles. The van der Waals surface area contributed by atoms with Crippen LogP contribution in [0.1, 0.15) is 55.6 Å². The second-order valence-electron chi connectivity index (χ2n) is 11.5. The van der Waals surface area contributed by atoms with Gasteiger partial charge in [-0.3, -0.25) is 0 Å². The van der Waals surface area contributed by atoms with E-state index in [1.165, 1.54) is 76.4 Å². The van der Waals surface area contributed by atoms with Crippen molar-refractivity contribution in [1.82, 2.24) is 0 Å². The van der Waals surface area contributed by atoms with Crippen molar-refractivity contribution in [3.63, 3.8) is 0 Å². The summed E-state index contributed by atoms with van der Waals surface area (Å²) in [6.45, 7) is 22.8. The van der Waals surface area contributed by atoms with Crippen LogP contribution in [0.15, 0.2) is 36.4 Å². The average molecular weight is 708 g/mol. The van der Waals surface area contributed by atoms with Crippen molar-refractivity contribution in [1.29, 1.82) is 0 Å². The van der Waals surface area contributed by atoms with E-state index in [0.29, 0.717) is 0 Å². The van der Waals surface area contributed by atoms with Crippen LogP contribution in [0.3, 0.4) is 0 Å². The molecule has 0 amide bonds. The summed E-state index contributed by atoms with van der Waals surface area (Å²) in [4.78, 5) is 0. The van der Waals surface area contributed by atoms with E-state index < -0.39 is 8.07 Å². The van der Waals surface area contributed by atoms with Crippen molar-refractivity contribution in [3.8, 4) is 17.2 Å². The molecule has 0 fully saturated rings. The Bertz CT molecular complexity index is 1390. The van der Waals surface area contributed by atoms with Gasteiger partial charge in [0.1, 0.15) is 25.3 Å². The second-order valence-corrected chi connectivity index (χ2v) is 15.0. The quantitative estimate of drug-likeness (QED) is 0.116. The molecule has 236 valence electrons. The number of benzene rings is 3. The Kier molecular flexibility index (Phi) is 15.5. The first-order valence-corrected chi connectivity index (χ1v) is 16.1. The maximum Gasteiger partial charge on any atom is 4.00 e. The van der Waals surface area contributed by atoms with Crippen LogP contribution in [0.5, 0.6) is 17.2 Å². The molecule has 0 atom stereocenters. The summed E-state index contributed by atoms with van der Waals surface area (Å²) in [5, 5.41) is 5.83. The van der Waals surface area contributed by atoms with Crippen LogP contribution in [0.4, 0.5) is 0 Å². The van der Waals surface area contributed by atoms with Crippen LogP contribution in [0, 0.1) is 69.2 Å². The minimum Gasteiger partial charge on any atom is -1.00 e. The Morgan fingerprint density at radius 2 is 0.636 bits per heavy atom. The first kappa shape index (κ1) is 42.2. The van der Waals surface area contributed by atoms with Crippen molar-refractivity contribution in [2.45, 2.75) is 69.2 Å². The van der Waals surface area contributed by atoms with Crippen LogP contribution in [0.2, 0.25) is 0 Å². The maximum absolute atomic E-state index is 5.77. The smallest absolute Gasteiger partial charge is 1.00 e. The fourth-order valence-corrected chi connectivity index (χ4v) is 14.4. The van der Waals surface area contributed by atoms with Gasteiger partial charge in [0.25, 0.3) is 0 Å². The van der Waals surface area contributed by atoms with Gasteiger partial charge in [-0.1, -0.05) is 43.3 Å². The van der Waals surface area contributed by atoms with E-state index in [-0.39, 0.29) is 58.9 Å². The minimum atomic E-state index is -2.94. The number of halogens is 3. The molecule has 4 rings (SSSR count). The van der Waals surface area contributed by atoms with Crippen LogP contribution in [-0.2, 0) is 21.7 Å². The molecule has 4 aromatic carbocycles. The molecule has 0 aromatic heterocycles. The van der Waals surface area contributed by atoms with Crippen molar-refractivity contribution < 1.29 is 73.1 Å². The van der Waals surface area contributed by atoms with Gasteiger partial charge in [-0.25, -0.2) is 0 Å². The van der Waals surface area contributed by atoms with E-state index in [2.05, 4.69) is 106 Å². The molecular formula is C36H45Cl3O3SiTi. The van der Waals surface area contributed by atoms with E-state index in [0.717, 1.165) is 17.2 Å². The Labute approximate surface area is 300 Å². The summed E-state index contributed by atoms with van der Waals surface area (Å²) in [6.07, 6.45) is 0. The molecule has 0 aliphatic rings. The molecular weight excluding hydrogens is 663 g/mol. The molecule has 0 N–H and O–H groups in total. The normalized spacial score (nSPS) is 10.6. The summed E-state index contributed by atoms with van der Waals surface area (Å²) in [5.74, 6) is 2.70. The molecule has 0 spiro atoms. The molecule has 0 radical (unpaired) electrons. The van der Waals surface area contributed by atoms with Gasteiger partial charge in [-0.05, 0) is 111 Å². The number of hydrogen-bond donors (Lipinski definition) is 0. The van der Waals surface area contributed by atoms with Gasteiger partial charge >= 0.3 is 21.7 Å². The van der Waals surface area contributed by atoms with Gasteiger partial charge in [0.05, 0.1) is 21.3 Å². The van der Waals surface area contributed by atoms with Gasteiger partial charge in [-0.15, -0.1) is 5.19 Å². The molecule has 0 unspecified atom stereocenters. The zero-order valence-corrected chi connectivity index (χ0v) is 33.2. The third kappa shape index (κ3) is 6.68. The van der Waals surface area contributed by atoms with E-state index in [9.17, 15) is 0 Å². The Balaban J connectivity index is 0.00000462. The first-order valence-electron chi connectivity index (χ1n) is 14.1. The molecule has 8 heteroatoms. The largest absolute Gasteiger partial charge is 4.00 e. The van der Waals surface area contributed by atoms with Crippen molar-refractivity contribution >= 4 is 28.8 Å². The first-order chi connectivity index (χ1) is 18.8. The summed E-state index contributed by atoms with van der Waals surface area (Å²) < 4.78 is 17.3. The Morgan fingerprint density at radius 1 is 0.432 bits per heavy atom. The van der Waals surface area contributed by atoms with Crippen LogP contribution >= 0.6 is 0 Å². The predicted molar refractivity (Wildman–Crippen MR) is 173 cm³/mol. The number of aryl methyl sites for hydroxylation is 6. The van der Waals surface area contributed by atoms with Gasteiger partial charge < -0.3 is 51.4 Å². The Morgan fingerprint density at radius 3 is 0.818 bits per heavy atom. The fraction of sp³-hybridized carbons (Fsp3) is 0.361. The van der Waals surface area contributed by atoms with E-state index in [4.69, 9.17) is 14.2 Å². The van der Waals surface area contributed by atoms with Gasteiger partial charge in [0.2, 0.25) is 0 Å². The SMILES string of the molecule is COc1cc(C)c([Si](c2c(C)cc(OC)cc2C)(c2c(C)cc(OC)cc2C)[c-]2c(C)c(C)c(C)c2C)c(C)c1.[Cl-].[Cl-].[Cl-].[Ti+4]. The molecule has 3 nitrogen and oxygen atoms in total. The third-order valence-electron chi connectivity index (χ3n) is 9.16. The fourth-order valence-electron chi connectivity index (χ4n) is 7.43. The summed E-state index contributed by atoms with van der Waals surface area (Å²) in [6, 6.07) is 13.3. The molecule has 0 aliphatic carbocycles. The Hall–Kier alpha value is -1.79. The summed E-state index contributed by atoms with van der Waals surface area (Å²) in [7, 11) is 2.33. The minimum absolute atomic E-state index is 0. The maximum atomic E-state index is 5.77. The second kappa shape index (κ2) is 16.2. The van der Waals surface area contributed by atoms with Crippen molar-refractivity contribution in [2.75, 3.05) is 21.3 Å². The molecule has 0 aliphatic heterocycles. The zero-order chi connectivity index (χ0) is 29.7.